The second kappa shape index (κ2) is 9.63. The van der Waals surface area contributed by atoms with Gasteiger partial charge in [0.1, 0.15) is 10.5 Å². The average Bonchev–Trinajstić information content (AvgIpc) is 3.14. The van der Waals surface area contributed by atoms with Crippen LogP contribution in [0.3, 0.4) is 0 Å². The second-order valence-electron chi connectivity index (χ2n) is 8.79. The fraction of sp³-hybridized carbons (Fsp3) is 0.520. The molecular formula is C25H31N3O2S. The van der Waals surface area contributed by atoms with Gasteiger partial charge in [-0.3, -0.25) is 14.3 Å². The highest BCUT2D eigenvalue weighted by atomic mass is 32.1. The number of aromatic nitrogens is 2. The lowest BCUT2D eigenvalue weighted by Gasteiger charge is -2.22. The van der Waals surface area contributed by atoms with Crippen LogP contribution in [0.4, 0.5) is 0 Å². The Morgan fingerprint density at radius 3 is 2.65 bits per heavy atom. The molecule has 6 heteroatoms. The summed E-state index contributed by atoms with van der Waals surface area (Å²) in [7, 11) is 0. The number of hydrogen-bond donors (Lipinski definition) is 0. The highest BCUT2D eigenvalue weighted by Gasteiger charge is 2.18. The van der Waals surface area contributed by atoms with Crippen LogP contribution in [0.2, 0.25) is 0 Å². The van der Waals surface area contributed by atoms with Gasteiger partial charge in [-0.25, -0.2) is 4.98 Å². The maximum atomic E-state index is 13.3. The molecule has 0 bridgehead atoms. The van der Waals surface area contributed by atoms with Crippen molar-refractivity contribution in [3.8, 4) is 11.4 Å². The molecule has 0 atom stereocenters. The lowest BCUT2D eigenvalue weighted by molar-refractivity contribution is 0.141. The van der Waals surface area contributed by atoms with Crippen molar-refractivity contribution >= 4 is 21.6 Å². The normalized spacial score (nSPS) is 19.0. The maximum absolute atomic E-state index is 13.3. The number of hydrogen-bond acceptors (Lipinski definition) is 5. The first-order chi connectivity index (χ1) is 15.3. The molecule has 2 aliphatic rings. The van der Waals surface area contributed by atoms with Crippen LogP contribution in [-0.4, -0.2) is 47.3 Å². The molecule has 164 valence electrons. The van der Waals surface area contributed by atoms with E-state index in [-0.39, 0.29) is 5.56 Å². The van der Waals surface area contributed by atoms with Crippen molar-refractivity contribution in [2.24, 2.45) is 0 Å². The summed E-state index contributed by atoms with van der Waals surface area (Å²) < 4.78 is 8.22. The lowest BCUT2D eigenvalue weighted by Crippen LogP contribution is -2.33. The van der Waals surface area contributed by atoms with Crippen LogP contribution in [0.5, 0.6) is 0 Å². The van der Waals surface area contributed by atoms with Gasteiger partial charge in [0.25, 0.3) is 5.56 Å². The molecule has 0 radical (unpaired) electrons. The quantitative estimate of drug-likeness (QED) is 0.570. The van der Waals surface area contributed by atoms with Gasteiger partial charge in [-0.1, -0.05) is 43.5 Å². The summed E-state index contributed by atoms with van der Waals surface area (Å²) in [5.74, 6) is 1.47. The standard InChI is InChI=1S/C25H31N3O2S/c29-25-23-22(11-18-31-23)26-24(28(25)14-13-27-12-4-16-30-17-15-27)21-9-7-20(8-10-21)19-5-2-1-3-6-19/h7-11,18-19H,1-6,12-17H2. The fourth-order valence-electron chi connectivity index (χ4n) is 4.97. The van der Waals surface area contributed by atoms with Crippen molar-refractivity contribution in [3.63, 3.8) is 0 Å². The molecule has 3 aromatic rings. The van der Waals surface area contributed by atoms with Crippen molar-refractivity contribution in [2.45, 2.75) is 51.0 Å². The van der Waals surface area contributed by atoms with Crippen LogP contribution < -0.4 is 5.56 Å². The summed E-state index contributed by atoms with van der Waals surface area (Å²) in [6, 6.07) is 10.8. The molecule has 0 N–H and O–H groups in total. The number of nitrogens with zero attached hydrogens (tertiary/aromatic N) is 3. The van der Waals surface area contributed by atoms with Crippen molar-refractivity contribution in [1.82, 2.24) is 14.5 Å². The number of ether oxygens (including phenoxy) is 1. The van der Waals surface area contributed by atoms with Crippen LogP contribution in [0.25, 0.3) is 21.6 Å². The number of thiophene rings is 1. The van der Waals surface area contributed by atoms with E-state index in [0.717, 1.165) is 60.9 Å². The van der Waals surface area contributed by atoms with Gasteiger partial charge in [-0.05, 0) is 42.2 Å². The summed E-state index contributed by atoms with van der Waals surface area (Å²) >= 11 is 1.49. The van der Waals surface area contributed by atoms with Crippen molar-refractivity contribution in [3.05, 3.63) is 51.6 Å². The van der Waals surface area contributed by atoms with E-state index < -0.39 is 0 Å². The summed E-state index contributed by atoms with van der Waals surface area (Å²) in [5, 5.41) is 1.96. The van der Waals surface area contributed by atoms with Crippen LogP contribution in [0, 0.1) is 0 Å². The van der Waals surface area contributed by atoms with E-state index in [4.69, 9.17) is 9.72 Å². The number of benzene rings is 1. The lowest BCUT2D eigenvalue weighted by atomic mass is 9.84. The van der Waals surface area contributed by atoms with E-state index in [0.29, 0.717) is 12.5 Å². The van der Waals surface area contributed by atoms with Crippen molar-refractivity contribution < 1.29 is 4.74 Å². The third-order valence-corrected chi connectivity index (χ3v) is 7.66. The highest BCUT2D eigenvalue weighted by Crippen LogP contribution is 2.33. The molecule has 2 fully saturated rings. The molecule has 0 spiro atoms. The SMILES string of the molecule is O=c1c2sccc2nc(-c2ccc(C3CCCCC3)cc2)n1CCN1CCCOCC1. The largest absolute Gasteiger partial charge is 0.380 e. The van der Waals surface area contributed by atoms with E-state index >= 15 is 0 Å². The molecule has 2 aromatic heterocycles. The zero-order valence-electron chi connectivity index (χ0n) is 18.1. The second-order valence-corrected chi connectivity index (χ2v) is 9.71. The van der Waals surface area contributed by atoms with Gasteiger partial charge in [0, 0.05) is 38.3 Å². The summed E-state index contributed by atoms with van der Waals surface area (Å²) in [5.41, 5.74) is 3.35. The molecule has 1 aromatic carbocycles. The molecule has 0 unspecified atom stereocenters. The third kappa shape index (κ3) is 4.61. The Balaban J connectivity index is 1.45. The highest BCUT2D eigenvalue weighted by molar-refractivity contribution is 7.17. The molecule has 5 nitrogen and oxygen atoms in total. The molecule has 1 saturated carbocycles. The topological polar surface area (TPSA) is 47.4 Å². The monoisotopic (exact) mass is 437 g/mol. The Labute approximate surface area is 187 Å². The zero-order valence-corrected chi connectivity index (χ0v) is 18.9. The van der Waals surface area contributed by atoms with Gasteiger partial charge < -0.3 is 4.74 Å². The molecule has 0 amide bonds. The van der Waals surface area contributed by atoms with Gasteiger partial charge in [0.15, 0.2) is 0 Å². The minimum atomic E-state index is 0.0810. The zero-order chi connectivity index (χ0) is 21.0. The van der Waals surface area contributed by atoms with Gasteiger partial charge >= 0.3 is 0 Å². The van der Waals surface area contributed by atoms with Gasteiger partial charge in [0.2, 0.25) is 0 Å². The first kappa shape index (κ1) is 20.9. The van der Waals surface area contributed by atoms with Gasteiger partial charge in [-0.2, -0.15) is 0 Å². The Kier molecular flexibility index (Phi) is 6.48. The van der Waals surface area contributed by atoms with Gasteiger partial charge in [0.05, 0.1) is 12.1 Å². The molecule has 1 aliphatic carbocycles. The summed E-state index contributed by atoms with van der Waals surface area (Å²) in [6.45, 7) is 5.04. The maximum Gasteiger partial charge on any atom is 0.271 e. The van der Waals surface area contributed by atoms with Gasteiger partial charge in [-0.15, -0.1) is 11.3 Å². The molecule has 1 saturated heterocycles. The number of fused-ring (bicyclic) bond motifs is 1. The summed E-state index contributed by atoms with van der Waals surface area (Å²) in [6.07, 6.45) is 7.68. The Morgan fingerprint density at radius 1 is 0.968 bits per heavy atom. The van der Waals surface area contributed by atoms with Crippen molar-refractivity contribution in [1.29, 1.82) is 0 Å². The average molecular weight is 438 g/mol. The van der Waals surface area contributed by atoms with Crippen LogP contribution in [0.1, 0.15) is 50.0 Å². The van der Waals surface area contributed by atoms with Crippen LogP contribution >= 0.6 is 11.3 Å². The minimum absolute atomic E-state index is 0.0810. The predicted octanol–water partition coefficient (Wildman–Crippen LogP) is 4.90. The predicted molar refractivity (Wildman–Crippen MR) is 127 cm³/mol. The van der Waals surface area contributed by atoms with E-state index in [1.54, 1.807) is 0 Å². The smallest absolute Gasteiger partial charge is 0.271 e. The van der Waals surface area contributed by atoms with Crippen LogP contribution in [-0.2, 0) is 11.3 Å². The molecular weight excluding hydrogens is 406 g/mol. The first-order valence-corrected chi connectivity index (χ1v) is 12.6. The molecule has 3 heterocycles. The first-order valence-electron chi connectivity index (χ1n) is 11.7. The Bertz CT molecular complexity index is 1060. The Morgan fingerprint density at radius 2 is 1.81 bits per heavy atom. The minimum Gasteiger partial charge on any atom is -0.380 e. The molecule has 5 rings (SSSR count). The molecule has 31 heavy (non-hydrogen) atoms. The van der Waals surface area contributed by atoms with Crippen molar-refractivity contribution in [2.75, 3.05) is 32.8 Å². The van der Waals surface area contributed by atoms with E-state index in [9.17, 15) is 4.79 Å². The van der Waals surface area contributed by atoms with Crippen LogP contribution in [0.15, 0.2) is 40.5 Å². The van der Waals surface area contributed by atoms with E-state index in [1.807, 2.05) is 16.0 Å². The Hall–Kier alpha value is -2.02. The third-order valence-electron chi connectivity index (χ3n) is 6.77. The van der Waals surface area contributed by atoms with E-state index in [2.05, 4.69) is 29.2 Å². The molecule has 1 aliphatic heterocycles. The number of rotatable bonds is 5. The summed E-state index contributed by atoms with van der Waals surface area (Å²) in [4.78, 5) is 20.6. The fourth-order valence-corrected chi connectivity index (χ4v) is 5.75. The van der Waals surface area contributed by atoms with E-state index in [1.165, 1.54) is 49.0 Å².